The van der Waals surface area contributed by atoms with Gasteiger partial charge < -0.3 is 4.90 Å². The van der Waals surface area contributed by atoms with E-state index in [1.165, 1.54) is 19.3 Å². The quantitative estimate of drug-likeness (QED) is 0.503. The Labute approximate surface area is 103 Å². The van der Waals surface area contributed by atoms with Crippen LogP contribution in [0.15, 0.2) is 23.5 Å². The zero-order chi connectivity index (χ0) is 12.7. The van der Waals surface area contributed by atoms with Gasteiger partial charge in [0.2, 0.25) is 0 Å². The average Bonchev–Trinajstić information content (AvgIpc) is 2.36. The maximum Gasteiger partial charge on any atom is 0.148 e. The molecule has 0 saturated heterocycles. The molecule has 17 heavy (non-hydrogen) atoms. The predicted molar refractivity (Wildman–Crippen MR) is 68.3 cm³/mol. The van der Waals surface area contributed by atoms with Crippen LogP contribution in [0.2, 0.25) is 0 Å². The monoisotopic (exact) mass is 235 g/mol. The number of hydrogen-bond donors (Lipinski definition) is 0. The van der Waals surface area contributed by atoms with Crippen molar-refractivity contribution in [2.75, 3.05) is 6.54 Å². The summed E-state index contributed by atoms with van der Waals surface area (Å²) in [4.78, 5) is 23.8. The lowest BCUT2D eigenvalue weighted by Gasteiger charge is -2.25. The Morgan fingerprint density at radius 2 is 1.71 bits per heavy atom. The Morgan fingerprint density at radius 3 is 2.18 bits per heavy atom. The van der Waals surface area contributed by atoms with Gasteiger partial charge in [0.15, 0.2) is 0 Å². The molecule has 3 heteroatoms. The lowest BCUT2D eigenvalue weighted by atomic mass is 9.93. The number of hydrogen-bond acceptors (Lipinski definition) is 3. The topological polar surface area (TPSA) is 37.4 Å². The van der Waals surface area contributed by atoms with Crippen molar-refractivity contribution in [2.24, 2.45) is 5.92 Å². The van der Waals surface area contributed by atoms with Crippen LogP contribution in [0.25, 0.3) is 0 Å². The molecule has 0 aromatic heterocycles. The van der Waals surface area contributed by atoms with Crippen LogP contribution in [0.3, 0.4) is 0 Å². The molecule has 0 amide bonds. The molecule has 0 aromatic carbocycles. The standard InChI is InChI=1S/C14H21NO2/c1-3-4-5-6-7-15-8-13(10-16)12(2)14(9-15)11-17/h8-12H,3-7H2,1-2H3. The highest BCUT2D eigenvalue weighted by atomic mass is 16.1. The van der Waals surface area contributed by atoms with Gasteiger partial charge in [-0.25, -0.2) is 0 Å². The third-order valence-electron chi connectivity index (χ3n) is 3.17. The molecular formula is C14H21NO2. The first-order valence-electron chi connectivity index (χ1n) is 6.32. The van der Waals surface area contributed by atoms with E-state index in [0.717, 1.165) is 25.5 Å². The van der Waals surface area contributed by atoms with Crippen molar-refractivity contribution < 1.29 is 9.59 Å². The molecule has 1 rings (SSSR count). The Balaban J connectivity index is 2.59. The van der Waals surface area contributed by atoms with Crippen LogP contribution in [-0.2, 0) is 9.59 Å². The Hall–Kier alpha value is -1.38. The Morgan fingerprint density at radius 1 is 1.12 bits per heavy atom. The number of carbonyl (C=O) groups excluding carboxylic acids is 2. The van der Waals surface area contributed by atoms with Crippen LogP contribution in [-0.4, -0.2) is 24.0 Å². The van der Waals surface area contributed by atoms with Crippen molar-refractivity contribution >= 4 is 12.6 Å². The summed E-state index contributed by atoms with van der Waals surface area (Å²) in [7, 11) is 0. The molecule has 1 heterocycles. The Kier molecular flexibility index (Phi) is 5.67. The normalized spacial score (nSPS) is 16.5. The molecule has 3 nitrogen and oxygen atoms in total. The van der Waals surface area contributed by atoms with Crippen LogP contribution < -0.4 is 0 Å². The first-order valence-corrected chi connectivity index (χ1v) is 6.32. The molecule has 94 valence electrons. The molecule has 0 atom stereocenters. The largest absolute Gasteiger partial charge is 0.353 e. The molecular weight excluding hydrogens is 214 g/mol. The van der Waals surface area contributed by atoms with Crippen molar-refractivity contribution in [2.45, 2.75) is 39.5 Å². The highest BCUT2D eigenvalue weighted by Crippen LogP contribution is 2.23. The van der Waals surface area contributed by atoms with Crippen molar-refractivity contribution in [3.05, 3.63) is 23.5 Å². The number of allylic oxidation sites excluding steroid dienone is 2. The zero-order valence-electron chi connectivity index (χ0n) is 10.7. The smallest absolute Gasteiger partial charge is 0.148 e. The fourth-order valence-electron chi connectivity index (χ4n) is 1.95. The van der Waals surface area contributed by atoms with Gasteiger partial charge >= 0.3 is 0 Å². The molecule has 0 saturated carbocycles. The van der Waals surface area contributed by atoms with Crippen LogP contribution in [0.1, 0.15) is 39.5 Å². The fourth-order valence-corrected chi connectivity index (χ4v) is 1.95. The van der Waals surface area contributed by atoms with E-state index in [0.29, 0.717) is 11.1 Å². The fraction of sp³-hybridized carbons (Fsp3) is 0.571. The number of rotatable bonds is 7. The molecule has 0 bridgehead atoms. The molecule has 1 aliphatic heterocycles. The second-order valence-electron chi connectivity index (χ2n) is 4.51. The molecule has 0 aliphatic carbocycles. The van der Waals surface area contributed by atoms with Gasteiger partial charge in [-0.1, -0.05) is 33.1 Å². The van der Waals surface area contributed by atoms with E-state index < -0.39 is 0 Å². The van der Waals surface area contributed by atoms with Crippen LogP contribution in [0.5, 0.6) is 0 Å². The van der Waals surface area contributed by atoms with E-state index in [2.05, 4.69) is 6.92 Å². The number of nitrogens with zero attached hydrogens (tertiary/aromatic N) is 1. The van der Waals surface area contributed by atoms with Gasteiger partial charge in [0, 0.05) is 36.0 Å². The summed E-state index contributed by atoms with van der Waals surface area (Å²) in [6, 6.07) is 0. The summed E-state index contributed by atoms with van der Waals surface area (Å²) >= 11 is 0. The second-order valence-corrected chi connectivity index (χ2v) is 4.51. The molecule has 0 spiro atoms. The molecule has 0 N–H and O–H groups in total. The molecule has 1 aliphatic rings. The molecule has 0 aromatic rings. The van der Waals surface area contributed by atoms with E-state index in [4.69, 9.17) is 0 Å². The van der Waals surface area contributed by atoms with Gasteiger partial charge in [0.25, 0.3) is 0 Å². The van der Waals surface area contributed by atoms with Gasteiger partial charge in [-0.2, -0.15) is 0 Å². The first kappa shape index (κ1) is 13.7. The van der Waals surface area contributed by atoms with Crippen LogP contribution in [0.4, 0.5) is 0 Å². The lowest BCUT2D eigenvalue weighted by Crippen LogP contribution is -2.22. The van der Waals surface area contributed by atoms with Crippen molar-refractivity contribution in [3.63, 3.8) is 0 Å². The van der Waals surface area contributed by atoms with Gasteiger partial charge in [-0.15, -0.1) is 0 Å². The van der Waals surface area contributed by atoms with Crippen LogP contribution in [0, 0.1) is 5.92 Å². The summed E-state index contributed by atoms with van der Waals surface area (Å²) < 4.78 is 0. The van der Waals surface area contributed by atoms with Crippen molar-refractivity contribution in [1.29, 1.82) is 0 Å². The van der Waals surface area contributed by atoms with E-state index in [9.17, 15) is 9.59 Å². The SMILES string of the molecule is CCCCCCN1C=C(C=O)C(C)C(C=O)=C1. The third kappa shape index (κ3) is 3.84. The summed E-state index contributed by atoms with van der Waals surface area (Å²) in [5, 5.41) is 0. The Bertz CT molecular complexity index is 305. The summed E-state index contributed by atoms with van der Waals surface area (Å²) in [5.74, 6) is -0.0723. The maximum absolute atomic E-state index is 10.9. The lowest BCUT2D eigenvalue weighted by molar-refractivity contribution is -0.105. The third-order valence-corrected chi connectivity index (χ3v) is 3.17. The highest BCUT2D eigenvalue weighted by molar-refractivity contribution is 5.83. The van der Waals surface area contributed by atoms with Crippen molar-refractivity contribution in [3.8, 4) is 0 Å². The maximum atomic E-state index is 10.9. The number of carbonyl (C=O) groups is 2. The van der Waals surface area contributed by atoms with E-state index in [1.54, 1.807) is 0 Å². The average molecular weight is 235 g/mol. The zero-order valence-corrected chi connectivity index (χ0v) is 10.7. The summed E-state index contributed by atoms with van der Waals surface area (Å²) in [5.41, 5.74) is 1.37. The minimum Gasteiger partial charge on any atom is -0.353 e. The van der Waals surface area contributed by atoms with Gasteiger partial charge in [-0.3, -0.25) is 9.59 Å². The first-order chi connectivity index (χ1) is 8.22. The molecule has 0 unspecified atom stereocenters. The van der Waals surface area contributed by atoms with E-state index in [1.807, 2.05) is 24.2 Å². The number of aldehydes is 2. The minimum atomic E-state index is -0.0723. The van der Waals surface area contributed by atoms with Crippen molar-refractivity contribution in [1.82, 2.24) is 4.90 Å². The van der Waals surface area contributed by atoms with E-state index in [-0.39, 0.29) is 5.92 Å². The van der Waals surface area contributed by atoms with Gasteiger partial charge in [0.05, 0.1) is 0 Å². The second kappa shape index (κ2) is 7.05. The van der Waals surface area contributed by atoms with Crippen LogP contribution >= 0.6 is 0 Å². The van der Waals surface area contributed by atoms with Gasteiger partial charge in [0.1, 0.15) is 12.6 Å². The van der Waals surface area contributed by atoms with E-state index >= 15 is 0 Å². The summed E-state index contributed by atoms with van der Waals surface area (Å²) in [6.45, 7) is 4.94. The predicted octanol–water partition coefficient (Wildman–Crippen LogP) is 2.68. The molecule has 0 fully saturated rings. The summed E-state index contributed by atoms with van der Waals surface area (Å²) in [6.07, 6.45) is 10.1. The van der Waals surface area contributed by atoms with Gasteiger partial charge in [-0.05, 0) is 6.42 Å². The molecule has 0 radical (unpaired) electrons. The number of unbranched alkanes of at least 4 members (excludes halogenated alkanes) is 3. The minimum absolute atomic E-state index is 0.0723. The highest BCUT2D eigenvalue weighted by Gasteiger charge is 2.19.